The Morgan fingerprint density at radius 3 is 2.76 bits per heavy atom. The van der Waals surface area contributed by atoms with Crippen LogP contribution < -0.4 is 11.3 Å². The second kappa shape index (κ2) is 7.89. The molecule has 0 aromatic heterocycles. The third kappa shape index (κ3) is 5.83. The molecule has 0 aliphatic carbocycles. The van der Waals surface area contributed by atoms with E-state index in [0.29, 0.717) is 11.7 Å². The van der Waals surface area contributed by atoms with Crippen LogP contribution in [0.25, 0.3) is 0 Å². The number of hydrogen-bond donors (Lipinski definition) is 2. The lowest BCUT2D eigenvalue weighted by Crippen LogP contribution is -2.45. The van der Waals surface area contributed by atoms with Crippen LogP contribution in [0.1, 0.15) is 19.8 Å². The van der Waals surface area contributed by atoms with Crippen LogP contribution in [0.15, 0.2) is 0 Å². The van der Waals surface area contributed by atoms with Gasteiger partial charge in [-0.1, -0.05) is 6.92 Å². The smallest absolute Gasteiger partial charge is 0.150 e. The van der Waals surface area contributed by atoms with Gasteiger partial charge in [0.15, 0.2) is 0 Å². The normalized spacial score (nSPS) is 23.5. The number of sulfone groups is 1. The Balaban J connectivity index is 2.31. The Morgan fingerprint density at radius 2 is 2.24 bits per heavy atom. The number of nitrogens with two attached hydrogens (primary N) is 1. The Morgan fingerprint density at radius 1 is 1.47 bits per heavy atom. The van der Waals surface area contributed by atoms with Crippen molar-refractivity contribution >= 4 is 33.4 Å². The van der Waals surface area contributed by atoms with Crippen LogP contribution in [0.5, 0.6) is 0 Å². The van der Waals surface area contributed by atoms with Gasteiger partial charge in [-0.05, 0) is 12.8 Å². The van der Waals surface area contributed by atoms with Gasteiger partial charge in [-0.3, -0.25) is 11.3 Å². The zero-order valence-corrected chi connectivity index (χ0v) is 12.7. The predicted octanol–water partition coefficient (Wildman–Crippen LogP) is 0.882. The molecular formula is C10H22N2O2S3. The van der Waals surface area contributed by atoms with E-state index in [1.165, 1.54) is 11.5 Å². The van der Waals surface area contributed by atoms with E-state index in [0.717, 1.165) is 12.2 Å². The van der Waals surface area contributed by atoms with E-state index >= 15 is 0 Å². The van der Waals surface area contributed by atoms with Gasteiger partial charge in [0.25, 0.3) is 0 Å². The number of thioether (sulfide) groups is 2. The second-order valence-corrected chi connectivity index (χ2v) is 9.11. The fourth-order valence-electron chi connectivity index (χ4n) is 1.78. The summed E-state index contributed by atoms with van der Waals surface area (Å²) in [5, 5.41) is 0.517. The third-order valence-corrected chi connectivity index (χ3v) is 7.63. The third-order valence-electron chi connectivity index (χ3n) is 2.91. The van der Waals surface area contributed by atoms with Gasteiger partial charge in [0.05, 0.1) is 5.75 Å². The van der Waals surface area contributed by atoms with Crippen molar-refractivity contribution in [1.82, 2.24) is 5.43 Å². The lowest BCUT2D eigenvalue weighted by molar-refractivity contribution is 0.485. The molecule has 0 spiro atoms. The van der Waals surface area contributed by atoms with Crippen LogP contribution in [0.4, 0.5) is 0 Å². The quantitative estimate of drug-likeness (QED) is 0.537. The van der Waals surface area contributed by atoms with Gasteiger partial charge in [-0.15, -0.1) is 0 Å². The summed E-state index contributed by atoms with van der Waals surface area (Å²) < 4.78 is 22.8. The zero-order chi connectivity index (χ0) is 12.7. The molecule has 2 atom stereocenters. The SMILES string of the molecule is CCS(=O)(=O)CCCC(NN)C1CSCCS1. The highest BCUT2D eigenvalue weighted by atomic mass is 32.2. The van der Waals surface area contributed by atoms with Crippen LogP contribution in [0, 0.1) is 0 Å². The first kappa shape index (κ1) is 15.6. The van der Waals surface area contributed by atoms with Gasteiger partial charge in [0, 0.05) is 34.3 Å². The molecule has 1 aliphatic rings. The maximum Gasteiger partial charge on any atom is 0.150 e. The first-order valence-corrected chi connectivity index (χ1v) is 9.97. The van der Waals surface area contributed by atoms with E-state index in [-0.39, 0.29) is 17.5 Å². The summed E-state index contributed by atoms with van der Waals surface area (Å²) in [5.41, 5.74) is 2.85. The molecule has 1 fully saturated rings. The Labute approximate surface area is 113 Å². The fourth-order valence-corrected chi connectivity index (χ4v) is 5.59. The molecule has 1 aliphatic heterocycles. The molecule has 0 amide bonds. The standard InChI is InChI=1S/C10H22N2O2S3/c1-2-17(13,14)7-3-4-9(12-11)10-8-15-5-6-16-10/h9-10,12H,2-8,11H2,1H3. The predicted molar refractivity (Wildman–Crippen MR) is 78.2 cm³/mol. The second-order valence-electron chi connectivity index (χ2n) is 4.14. The summed E-state index contributed by atoms with van der Waals surface area (Å²) in [6.07, 6.45) is 1.54. The Kier molecular flexibility index (Phi) is 7.25. The lowest BCUT2D eigenvalue weighted by Gasteiger charge is -2.28. The maximum atomic E-state index is 11.4. The van der Waals surface area contributed by atoms with Gasteiger partial charge >= 0.3 is 0 Å². The first-order chi connectivity index (χ1) is 8.09. The average molecular weight is 298 g/mol. The maximum absolute atomic E-state index is 11.4. The van der Waals surface area contributed by atoms with E-state index in [1.807, 2.05) is 23.5 Å². The number of rotatable bonds is 7. The molecular weight excluding hydrogens is 276 g/mol. The fraction of sp³-hybridized carbons (Fsp3) is 1.00. The van der Waals surface area contributed by atoms with Crippen molar-refractivity contribution in [2.45, 2.75) is 31.1 Å². The van der Waals surface area contributed by atoms with Crippen molar-refractivity contribution < 1.29 is 8.42 Å². The summed E-state index contributed by atoms with van der Waals surface area (Å²) in [5.74, 6) is 9.58. The summed E-state index contributed by atoms with van der Waals surface area (Å²) in [6, 6.07) is 0.236. The average Bonchev–Trinajstić information content (AvgIpc) is 2.36. The number of hydrogen-bond acceptors (Lipinski definition) is 6. The summed E-state index contributed by atoms with van der Waals surface area (Å²) in [6.45, 7) is 1.70. The molecule has 2 unspecified atom stereocenters. The van der Waals surface area contributed by atoms with Gasteiger partial charge in [-0.25, -0.2) is 8.42 Å². The van der Waals surface area contributed by atoms with Gasteiger partial charge in [0.1, 0.15) is 9.84 Å². The van der Waals surface area contributed by atoms with E-state index in [2.05, 4.69) is 5.43 Å². The zero-order valence-electron chi connectivity index (χ0n) is 10.2. The molecule has 17 heavy (non-hydrogen) atoms. The molecule has 1 heterocycles. The van der Waals surface area contributed by atoms with Gasteiger partial charge < -0.3 is 0 Å². The van der Waals surface area contributed by atoms with Crippen LogP contribution >= 0.6 is 23.5 Å². The largest absolute Gasteiger partial charge is 0.271 e. The first-order valence-electron chi connectivity index (χ1n) is 5.95. The monoisotopic (exact) mass is 298 g/mol. The van der Waals surface area contributed by atoms with Crippen molar-refractivity contribution in [2.75, 3.05) is 28.8 Å². The molecule has 1 rings (SSSR count). The van der Waals surface area contributed by atoms with Gasteiger partial charge in [0.2, 0.25) is 0 Å². The van der Waals surface area contributed by atoms with Crippen LogP contribution in [0.3, 0.4) is 0 Å². The van der Waals surface area contributed by atoms with Crippen LogP contribution in [-0.4, -0.2) is 48.5 Å². The molecule has 0 bridgehead atoms. The molecule has 0 radical (unpaired) electrons. The number of nitrogens with one attached hydrogen (secondary N) is 1. The highest BCUT2D eigenvalue weighted by molar-refractivity contribution is 8.06. The summed E-state index contributed by atoms with van der Waals surface area (Å²) >= 11 is 3.90. The van der Waals surface area contributed by atoms with E-state index < -0.39 is 9.84 Å². The molecule has 4 nitrogen and oxygen atoms in total. The minimum Gasteiger partial charge on any atom is -0.271 e. The van der Waals surface area contributed by atoms with Crippen molar-refractivity contribution in [2.24, 2.45) is 5.84 Å². The Hall–Kier alpha value is 0.570. The van der Waals surface area contributed by atoms with Crippen molar-refractivity contribution in [3.05, 3.63) is 0 Å². The van der Waals surface area contributed by atoms with Crippen LogP contribution in [-0.2, 0) is 9.84 Å². The van der Waals surface area contributed by atoms with E-state index in [9.17, 15) is 8.42 Å². The topological polar surface area (TPSA) is 72.2 Å². The highest BCUT2D eigenvalue weighted by Crippen LogP contribution is 2.27. The molecule has 1 saturated heterocycles. The van der Waals surface area contributed by atoms with Crippen LogP contribution in [0.2, 0.25) is 0 Å². The summed E-state index contributed by atoms with van der Waals surface area (Å²) in [7, 11) is -2.83. The van der Waals surface area contributed by atoms with Crippen molar-refractivity contribution in [3.8, 4) is 0 Å². The Bertz CT molecular complexity index is 303. The van der Waals surface area contributed by atoms with E-state index in [4.69, 9.17) is 5.84 Å². The molecule has 0 saturated carbocycles. The molecule has 0 aromatic carbocycles. The summed E-state index contributed by atoms with van der Waals surface area (Å²) in [4.78, 5) is 0. The lowest BCUT2D eigenvalue weighted by atomic mass is 10.1. The van der Waals surface area contributed by atoms with E-state index in [1.54, 1.807) is 6.92 Å². The minimum absolute atomic E-state index is 0.236. The minimum atomic E-state index is -2.83. The van der Waals surface area contributed by atoms with Crippen molar-refractivity contribution in [3.63, 3.8) is 0 Å². The molecule has 7 heteroatoms. The molecule has 3 N–H and O–H groups in total. The van der Waals surface area contributed by atoms with Crippen molar-refractivity contribution in [1.29, 1.82) is 0 Å². The number of hydrazine groups is 1. The highest BCUT2D eigenvalue weighted by Gasteiger charge is 2.23. The van der Waals surface area contributed by atoms with Gasteiger partial charge in [-0.2, -0.15) is 23.5 Å². The molecule has 102 valence electrons. The molecule has 0 aromatic rings.